The Bertz CT molecular complexity index is 550. The summed E-state index contributed by atoms with van der Waals surface area (Å²) >= 11 is 0. The first-order chi connectivity index (χ1) is 9.84. The zero-order valence-corrected chi connectivity index (χ0v) is 12.8. The second kappa shape index (κ2) is 5.68. The van der Waals surface area contributed by atoms with E-state index >= 15 is 0 Å². The quantitative estimate of drug-likeness (QED) is 0.795. The number of imide groups is 1. The standard InChI is InChI=1S/C16H20N2O3/c1-10(2)18(11(3)4)14(19)9-17-15(20)12-7-5-6-8-13(12)16(17)21/h5-8,10-11H,9H2,1-4H3. The predicted molar refractivity (Wildman–Crippen MR) is 78.9 cm³/mol. The van der Waals surface area contributed by atoms with Crippen molar-refractivity contribution < 1.29 is 14.4 Å². The highest BCUT2D eigenvalue weighted by Gasteiger charge is 2.37. The third-order valence-corrected chi connectivity index (χ3v) is 3.57. The molecule has 5 nitrogen and oxygen atoms in total. The summed E-state index contributed by atoms with van der Waals surface area (Å²) in [6.07, 6.45) is 0. The van der Waals surface area contributed by atoms with Crippen LogP contribution in [0, 0.1) is 0 Å². The normalized spacial score (nSPS) is 14.1. The van der Waals surface area contributed by atoms with E-state index in [1.807, 2.05) is 27.7 Å². The minimum Gasteiger partial charge on any atom is -0.336 e. The van der Waals surface area contributed by atoms with Gasteiger partial charge in [-0.05, 0) is 39.8 Å². The zero-order valence-electron chi connectivity index (χ0n) is 12.8. The van der Waals surface area contributed by atoms with Crippen LogP contribution >= 0.6 is 0 Å². The Kier molecular flexibility index (Phi) is 4.11. The molecule has 3 amide bonds. The molecule has 0 spiro atoms. The van der Waals surface area contributed by atoms with Crippen molar-refractivity contribution in [2.24, 2.45) is 0 Å². The number of nitrogens with zero attached hydrogens (tertiary/aromatic N) is 2. The van der Waals surface area contributed by atoms with Crippen molar-refractivity contribution >= 4 is 17.7 Å². The van der Waals surface area contributed by atoms with Crippen molar-refractivity contribution in [2.75, 3.05) is 6.54 Å². The smallest absolute Gasteiger partial charge is 0.262 e. The molecular weight excluding hydrogens is 268 g/mol. The minimum absolute atomic E-state index is 0.0210. The first kappa shape index (κ1) is 15.2. The van der Waals surface area contributed by atoms with Gasteiger partial charge in [0, 0.05) is 12.1 Å². The second-order valence-corrected chi connectivity index (χ2v) is 5.73. The van der Waals surface area contributed by atoms with Gasteiger partial charge in [-0.3, -0.25) is 19.3 Å². The molecular formula is C16H20N2O3. The number of carbonyl (C=O) groups excluding carboxylic acids is 3. The molecule has 1 aromatic carbocycles. The summed E-state index contributed by atoms with van der Waals surface area (Å²) in [5.74, 6) is -0.998. The van der Waals surface area contributed by atoms with Crippen molar-refractivity contribution in [1.29, 1.82) is 0 Å². The van der Waals surface area contributed by atoms with Gasteiger partial charge in [-0.2, -0.15) is 0 Å². The Morgan fingerprint density at radius 1 is 1.00 bits per heavy atom. The van der Waals surface area contributed by atoms with Gasteiger partial charge in [-0.25, -0.2) is 0 Å². The molecule has 112 valence electrons. The van der Waals surface area contributed by atoms with Gasteiger partial charge in [-0.1, -0.05) is 12.1 Å². The van der Waals surface area contributed by atoms with Crippen LogP contribution in [0.15, 0.2) is 24.3 Å². The van der Waals surface area contributed by atoms with Gasteiger partial charge in [0.15, 0.2) is 0 Å². The summed E-state index contributed by atoms with van der Waals surface area (Å²) in [6.45, 7) is 7.46. The molecule has 0 radical (unpaired) electrons. The molecule has 0 unspecified atom stereocenters. The topological polar surface area (TPSA) is 57.7 Å². The van der Waals surface area contributed by atoms with Gasteiger partial charge in [0.25, 0.3) is 11.8 Å². The van der Waals surface area contributed by atoms with E-state index in [2.05, 4.69) is 0 Å². The van der Waals surface area contributed by atoms with Crippen LogP contribution in [0.5, 0.6) is 0 Å². The SMILES string of the molecule is CC(C)N(C(=O)CN1C(=O)c2ccccc2C1=O)C(C)C. The van der Waals surface area contributed by atoms with Gasteiger partial charge < -0.3 is 4.90 Å². The fraction of sp³-hybridized carbons (Fsp3) is 0.438. The minimum atomic E-state index is -0.392. The number of rotatable bonds is 4. The van der Waals surface area contributed by atoms with E-state index in [0.717, 1.165) is 4.90 Å². The number of carbonyl (C=O) groups is 3. The van der Waals surface area contributed by atoms with Gasteiger partial charge in [0.1, 0.15) is 6.54 Å². The maximum Gasteiger partial charge on any atom is 0.262 e. The van der Waals surface area contributed by atoms with Gasteiger partial charge in [0.05, 0.1) is 11.1 Å². The van der Waals surface area contributed by atoms with Crippen LogP contribution in [0.4, 0.5) is 0 Å². The molecule has 0 aromatic heterocycles. The number of amides is 3. The number of hydrogen-bond acceptors (Lipinski definition) is 3. The molecule has 0 saturated carbocycles. The second-order valence-electron chi connectivity index (χ2n) is 5.73. The highest BCUT2D eigenvalue weighted by atomic mass is 16.2. The van der Waals surface area contributed by atoms with Crippen LogP contribution in [-0.4, -0.2) is 46.1 Å². The molecule has 1 aromatic rings. The fourth-order valence-corrected chi connectivity index (χ4v) is 2.77. The van der Waals surface area contributed by atoms with Gasteiger partial charge >= 0.3 is 0 Å². The lowest BCUT2D eigenvalue weighted by Gasteiger charge is -2.32. The first-order valence-corrected chi connectivity index (χ1v) is 7.11. The van der Waals surface area contributed by atoms with E-state index in [-0.39, 0.29) is 24.5 Å². The van der Waals surface area contributed by atoms with Crippen LogP contribution in [0.25, 0.3) is 0 Å². The summed E-state index contributed by atoms with van der Waals surface area (Å²) in [5.41, 5.74) is 0.742. The number of benzene rings is 1. The Balaban J connectivity index is 2.20. The van der Waals surface area contributed by atoms with Crippen molar-refractivity contribution in [3.05, 3.63) is 35.4 Å². The van der Waals surface area contributed by atoms with E-state index in [4.69, 9.17) is 0 Å². The van der Waals surface area contributed by atoms with Crippen LogP contribution < -0.4 is 0 Å². The number of fused-ring (bicyclic) bond motifs is 1. The van der Waals surface area contributed by atoms with E-state index in [9.17, 15) is 14.4 Å². The molecule has 1 heterocycles. The maximum atomic E-state index is 12.4. The number of hydrogen-bond donors (Lipinski definition) is 0. The summed E-state index contributed by atoms with van der Waals surface area (Å²) in [4.78, 5) is 39.6. The van der Waals surface area contributed by atoms with Gasteiger partial charge in [-0.15, -0.1) is 0 Å². The average molecular weight is 288 g/mol. The lowest BCUT2D eigenvalue weighted by Crippen LogP contribution is -2.48. The van der Waals surface area contributed by atoms with Crippen molar-refractivity contribution in [3.8, 4) is 0 Å². The third-order valence-electron chi connectivity index (χ3n) is 3.57. The molecule has 0 bridgehead atoms. The average Bonchev–Trinajstić information content (AvgIpc) is 2.64. The van der Waals surface area contributed by atoms with Crippen LogP contribution in [0.2, 0.25) is 0 Å². The summed E-state index contributed by atoms with van der Waals surface area (Å²) in [6, 6.07) is 6.69. The van der Waals surface area contributed by atoms with Crippen LogP contribution in [0.3, 0.4) is 0 Å². The molecule has 0 N–H and O–H groups in total. The summed E-state index contributed by atoms with van der Waals surface area (Å²) in [5, 5.41) is 0. The summed E-state index contributed by atoms with van der Waals surface area (Å²) < 4.78 is 0. The maximum absolute atomic E-state index is 12.4. The zero-order chi connectivity index (χ0) is 15.7. The van der Waals surface area contributed by atoms with Crippen molar-refractivity contribution in [2.45, 2.75) is 39.8 Å². The van der Waals surface area contributed by atoms with E-state index < -0.39 is 11.8 Å². The van der Waals surface area contributed by atoms with E-state index in [0.29, 0.717) is 11.1 Å². The van der Waals surface area contributed by atoms with Crippen LogP contribution in [0.1, 0.15) is 48.4 Å². The van der Waals surface area contributed by atoms with Gasteiger partial charge in [0.2, 0.25) is 5.91 Å². The summed E-state index contributed by atoms with van der Waals surface area (Å²) in [7, 11) is 0. The molecule has 5 heteroatoms. The monoisotopic (exact) mass is 288 g/mol. The molecule has 1 aliphatic heterocycles. The van der Waals surface area contributed by atoms with E-state index in [1.165, 1.54) is 0 Å². The molecule has 0 aliphatic carbocycles. The first-order valence-electron chi connectivity index (χ1n) is 7.11. The van der Waals surface area contributed by atoms with Crippen LogP contribution in [-0.2, 0) is 4.79 Å². The largest absolute Gasteiger partial charge is 0.336 e. The molecule has 21 heavy (non-hydrogen) atoms. The van der Waals surface area contributed by atoms with Crippen molar-refractivity contribution in [3.63, 3.8) is 0 Å². The Hall–Kier alpha value is -2.17. The predicted octanol–water partition coefficient (Wildman–Crippen LogP) is 1.93. The molecule has 0 atom stereocenters. The van der Waals surface area contributed by atoms with Crippen molar-refractivity contribution in [1.82, 2.24) is 9.80 Å². The van der Waals surface area contributed by atoms with E-state index in [1.54, 1.807) is 29.2 Å². The Labute approximate surface area is 124 Å². The lowest BCUT2D eigenvalue weighted by atomic mass is 10.1. The molecule has 1 aliphatic rings. The molecule has 2 rings (SSSR count). The fourth-order valence-electron chi connectivity index (χ4n) is 2.77. The Morgan fingerprint density at radius 3 is 1.81 bits per heavy atom. The highest BCUT2D eigenvalue weighted by Crippen LogP contribution is 2.22. The molecule has 0 fully saturated rings. The lowest BCUT2D eigenvalue weighted by molar-refractivity contribution is -0.135. The Morgan fingerprint density at radius 2 is 1.43 bits per heavy atom. The highest BCUT2D eigenvalue weighted by molar-refractivity contribution is 6.22. The third kappa shape index (κ3) is 2.68. The molecule has 0 saturated heterocycles.